The summed E-state index contributed by atoms with van der Waals surface area (Å²) in [6, 6.07) is 9.56. The van der Waals surface area contributed by atoms with Crippen molar-refractivity contribution in [2.45, 2.75) is 0 Å². The number of nitrogens with two attached hydrogens (primary N) is 1. The van der Waals surface area contributed by atoms with E-state index in [-0.39, 0.29) is 0 Å². The summed E-state index contributed by atoms with van der Waals surface area (Å²) in [4.78, 5) is 4.26. The molecule has 0 bridgehead atoms. The number of ether oxygens (including phenoxy) is 1. The minimum Gasteiger partial charge on any atom is -0.479 e. The summed E-state index contributed by atoms with van der Waals surface area (Å²) in [7, 11) is 1.55. The third-order valence-corrected chi connectivity index (χ3v) is 4.61. The summed E-state index contributed by atoms with van der Waals surface area (Å²) in [5.74, 6) is 1.11. The van der Waals surface area contributed by atoms with E-state index in [2.05, 4.69) is 48.8 Å². The quantitative estimate of drug-likeness (QED) is 0.743. The minimum absolute atomic E-state index is 0.421. The highest BCUT2D eigenvalue weighted by Gasteiger charge is 2.04. The maximum Gasteiger partial charge on any atom is 0.238 e. The van der Waals surface area contributed by atoms with Crippen molar-refractivity contribution in [1.82, 2.24) is 4.98 Å². The van der Waals surface area contributed by atoms with E-state index in [9.17, 15) is 0 Å². The number of halogens is 2. The van der Waals surface area contributed by atoms with Crippen LogP contribution in [-0.2, 0) is 0 Å². The van der Waals surface area contributed by atoms with Crippen molar-refractivity contribution in [2.75, 3.05) is 18.2 Å². The number of benzene rings is 1. The van der Waals surface area contributed by atoms with Crippen LogP contribution in [0.15, 0.2) is 34.8 Å². The number of hydrogen-bond acceptors (Lipinski definition) is 4. The van der Waals surface area contributed by atoms with Gasteiger partial charge < -0.3 is 15.8 Å². The summed E-state index contributed by atoms with van der Waals surface area (Å²) < 4.78 is 7.27. The van der Waals surface area contributed by atoms with Crippen LogP contribution >= 0.6 is 38.5 Å². The Morgan fingerprint density at radius 1 is 1.33 bits per heavy atom. The van der Waals surface area contributed by atoms with Crippen LogP contribution in [0.25, 0.3) is 0 Å². The van der Waals surface area contributed by atoms with Crippen molar-refractivity contribution in [1.29, 1.82) is 0 Å². The zero-order valence-corrected chi connectivity index (χ0v) is 13.3. The van der Waals surface area contributed by atoms with Crippen molar-refractivity contribution in [2.24, 2.45) is 0 Å². The van der Waals surface area contributed by atoms with Gasteiger partial charge in [-0.25, -0.2) is 0 Å². The molecule has 0 aliphatic carbocycles. The van der Waals surface area contributed by atoms with E-state index in [1.807, 2.05) is 24.3 Å². The predicted molar refractivity (Wildman–Crippen MR) is 85.3 cm³/mol. The molecule has 0 saturated carbocycles. The van der Waals surface area contributed by atoms with E-state index in [0.29, 0.717) is 17.4 Å². The number of nitrogen functional groups attached to an aromatic ring is 1. The third kappa shape index (κ3) is 3.05. The summed E-state index contributed by atoms with van der Waals surface area (Å²) >= 11 is 5.75. The van der Waals surface area contributed by atoms with Gasteiger partial charge in [0.05, 0.1) is 12.8 Å². The molecular weight excluding hydrogens is 409 g/mol. The Labute approximate surface area is 127 Å². The van der Waals surface area contributed by atoms with Crippen LogP contribution < -0.4 is 15.8 Å². The number of rotatable bonds is 3. The average molecular weight is 420 g/mol. The Kier molecular flexibility index (Phi) is 4.28. The van der Waals surface area contributed by atoms with Crippen molar-refractivity contribution in [3.8, 4) is 5.88 Å². The summed E-state index contributed by atoms with van der Waals surface area (Å²) in [5, 5.41) is 3.19. The highest BCUT2D eigenvalue weighted by Crippen LogP contribution is 2.26. The van der Waals surface area contributed by atoms with Gasteiger partial charge in [-0.2, -0.15) is 4.98 Å². The van der Waals surface area contributed by atoms with Crippen molar-refractivity contribution in [3.63, 3.8) is 0 Å². The van der Waals surface area contributed by atoms with Gasteiger partial charge in [0.1, 0.15) is 5.82 Å². The molecule has 0 spiro atoms. The van der Waals surface area contributed by atoms with Crippen LogP contribution in [0.2, 0.25) is 0 Å². The summed E-state index contributed by atoms with van der Waals surface area (Å²) in [6.07, 6.45) is 0. The molecule has 3 N–H and O–H groups in total. The lowest BCUT2D eigenvalue weighted by atomic mass is 10.3. The lowest BCUT2D eigenvalue weighted by molar-refractivity contribution is 0.401. The van der Waals surface area contributed by atoms with Gasteiger partial charge in [0.25, 0.3) is 0 Å². The number of pyridine rings is 1. The Morgan fingerprint density at radius 2 is 2.11 bits per heavy atom. The molecule has 1 aromatic heterocycles. The molecule has 4 nitrogen and oxygen atoms in total. The van der Waals surface area contributed by atoms with Crippen LogP contribution in [0.1, 0.15) is 0 Å². The number of hydrogen-bond donors (Lipinski definition) is 2. The molecule has 0 fully saturated rings. The molecule has 0 unspecified atom stereocenters. The smallest absolute Gasteiger partial charge is 0.238 e. The molecule has 2 rings (SSSR count). The zero-order valence-electron chi connectivity index (χ0n) is 9.58. The van der Waals surface area contributed by atoms with E-state index in [0.717, 1.165) is 13.7 Å². The molecule has 94 valence electrons. The molecule has 0 amide bonds. The summed E-state index contributed by atoms with van der Waals surface area (Å²) in [5.41, 5.74) is 7.18. The van der Waals surface area contributed by atoms with Crippen LogP contribution in [-0.4, -0.2) is 12.1 Å². The fourth-order valence-electron chi connectivity index (χ4n) is 1.41. The van der Waals surface area contributed by atoms with E-state index in [1.165, 1.54) is 0 Å². The first kappa shape index (κ1) is 13.4. The lowest BCUT2D eigenvalue weighted by Crippen LogP contribution is -1.99. The number of nitrogens with zero attached hydrogens (tertiary/aromatic N) is 1. The van der Waals surface area contributed by atoms with Gasteiger partial charge >= 0.3 is 0 Å². The van der Waals surface area contributed by atoms with E-state index >= 15 is 0 Å². The molecule has 0 atom stereocenters. The van der Waals surface area contributed by atoms with Crippen molar-refractivity contribution < 1.29 is 4.74 Å². The normalized spacial score (nSPS) is 10.2. The second-order valence-electron chi connectivity index (χ2n) is 3.55. The first-order valence-electron chi connectivity index (χ1n) is 5.12. The van der Waals surface area contributed by atoms with Gasteiger partial charge in [0.15, 0.2) is 0 Å². The van der Waals surface area contributed by atoms with Crippen molar-refractivity contribution in [3.05, 3.63) is 38.4 Å². The highest BCUT2D eigenvalue weighted by molar-refractivity contribution is 14.1. The van der Waals surface area contributed by atoms with Gasteiger partial charge in [0.2, 0.25) is 5.88 Å². The first-order valence-corrected chi connectivity index (χ1v) is 7.00. The monoisotopic (exact) mass is 419 g/mol. The van der Waals surface area contributed by atoms with Gasteiger partial charge in [-0.15, -0.1) is 0 Å². The van der Waals surface area contributed by atoms with Gasteiger partial charge in [-0.1, -0.05) is 0 Å². The minimum atomic E-state index is 0.421. The second kappa shape index (κ2) is 5.75. The predicted octanol–water partition coefficient (Wildman–Crippen LogP) is 3.78. The Morgan fingerprint density at radius 3 is 2.78 bits per heavy atom. The topological polar surface area (TPSA) is 60.2 Å². The second-order valence-corrected chi connectivity index (χ2v) is 5.57. The van der Waals surface area contributed by atoms with E-state index < -0.39 is 0 Å². The maximum atomic E-state index is 5.71. The fraction of sp³-hybridized carbons (Fsp3) is 0.0833. The van der Waals surface area contributed by atoms with Gasteiger partial charge in [-0.3, -0.25) is 0 Å². The molecule has 6 heteroatoms. The fourth-order valence-corrected chi connectivity index (χ4v) is 2.12. The first-order chi connectivity index (χ1) is 8.60. The molecule has 18 heavy (non-hydrogen) atoms. The van der Waals surface area contributed by atoms with E-state index in [1.54, 1.807) is 13.2 Å². The molecule has 0 aliphatic heterocycles. The van der Waals surface area contributed by atoms with E-state index in [4.69, 9.17) is 10.5 Å². The Balaban J connectivity index is 2.25. The number of aromatic nitrogens is 1. The van der Waals surface area contributed by atoms with Gasteiger partial charge in [0, 0.05) is 13.7 Å². The largest absolute Gasteiger partial charge is 0.479 e. The highest BCUT2D eigenvalue weighted by atomic mass is 127. The Bertz CT molecular complexity index is 577. The third-order valence-electron chi connectivity index (χ3n) is 2.28. The molecule has 1 aromatic carbocycles. The van der Waals surface area contributed by atoms with Crippen molar-refractivity contribution >= 4 is 55.7 Å². The number of anilines is 3. The van der Waals surface area contributed by atoms with Crippen LogP contribution in [0.5, 0.6) is 5.88 Å². The molecule has 0 aliphatic rings. The molecule has 2 aromatic rings. The average Bonchev–Trinajstić information content (AvgIpc) is 2.36. The standard InChI is InChI=1S/C12H11BrIN3O/c1-18-12-10(15)4-5-11(17-12)16-7-2-3-9(14)8(13)6-7/h2-6H,15H2,1H3,(H,16,17). The maximum absolute atomic E-state index is 5.71. The number of methoxy groups -OCH3 is 1. The van der Waals surface area contributed by atoms with Crippen LogP contribution in [0.3, 0.4) is 0 Å². The molecule has 0 saturated heterocycles. The SMILES string of the molecule is COc1nc(Nc2ccc(I)c(Br)c2)ccc1N. The Hall–Kier alpha value is -1.02. The number of nitrogens with one attached hydrogen (secondary N) is 1. The van der Waals surface area contributed by atoms with Gasteiger partial charge in [-0.05, 0) is 68.9 Å². The summed E-state index contributed by atoms with van der Waals surface area (Å²) in [6.45, 7) is 0. The molecular formula is C12H11BrIN3O. The lowest BCUT2D eigenvalue weighted by Gasteiger charge is -2.09. The van der Waals surface area contributed by atoms with Crippen LogP contribution in [0, 0.1) is 3.57 Å². The van der Waals surface area contributed by atoms with Crippen LogP contribution in [0.4, 0.5) is 17.2 Å². The molecule has 1 heterocycles. The zero-order chi connectivity index (χ0) is 13.1. The molecule has 0 radical (unpaired) electrons.